The highest BCUT2D eigenvalue weighted by molar-refractivity contribution is 6.04. The summed E-state index contributed by atoms with van der Waals surface area (Å²) in [5.74, 6) is 6.04. The molecule has 6 rings (SSSR count). The van der Waals surface area contributed by atoms with Crippen molar-refractivity contribution in [1.82, 2.24) is 29.5 Å². The molecule has 0 atom stereocenters. The zero-order valence-corrected chi connectivity index (χ0v) is 26.5. The van der Waals surface area contributed by atoms with E-state index in [1.54, 1.807) is 36.7 Å². The van der Waals surface area contributed by atoms with Crippen LogP contribution in [0.2, 0.25) is 0 Å². The van der Waals surface area contributed by atoms with E-state index < -0.39 is 0 Å². The van der Waals surface area contributed by atoms with E-state index in [1.165, 1.54) is 6.07 Å². The summed E-state index contributed by atoms with van der Waals surface area (Å²) in [7, 11) is 2.10. The Morgan fingerprint density at radius 1 is 1.02 bits per heavy atom. The third-order valence-corrected chi connectivity index (χ3v) is 8.52. The fourth-order valence-electron chi connectivity index (χ4n) is 5.56. The van der Waals surface area contributed by atoms with E-state index in [1.807, 2.05) is 30.8 Å². The number of aromatic nitrogens is 4. The molecule has 46 heavy (non-hydrogen) atoms. The lowest BCUT2D eigenvalue weighted by Crippen LogP contribution is -2.44. The Labute approximate surface area is 269 Å². The maximum atomic E-state index is 14.9. The van der Waals surface area contributed by atoms with E-state index in [9.17, 15) is 9.18 Å². The molecule has 1 amide bonds. The molecule has 2 aliphatic heterocycles. The Morgan fingerprint density at radius 2 is 1.78 bits per heavy atom. The SMILES string of the molecule is Cc1ccc(C(=O)Nc2ccc(CN3CCN(C)CC3)c(F)c2)cc1C#Cc1cnc(Nc2cn(C3CCOCC3)nc2C)nc1. The number of likely N-dealkylation sites (N-methyl/N-ethyl adjacent to an activating group) is 1. The van der Waals surface area contributed by atoms with Crippen molar-refractivity contribution in [2.45, 2.75) is 39.3 Å². The highest BCUT2D eigenvalue weighted by atomic mass is 19.1. The summed E-state index contributed by atoms with van der Waals surface area (Å²) in [5, 5.41) is 10.7. The molecule has 0 bridgehead atoms. The lowest BCUT2D eigenvalue weighted by molar-refractivity contribution is 0.0662. The topological polar surface area (TPSA) is 100 Å². The molecule has 2 saturated heterocycles. The van der Waals surface area contributed by atoms with Gasteiger partial charge in [0.25, 0.3) is 5.91 Å². The maximum absolute atomic E-state index is 14.9. The van der Waals surface area contributed by atoms with Crippen LogP contribution in [0.4, 0.5) is 21.7 Å². The van der Waals surface area contributed by atoms with Gasteiger partial charge in [-0.1, -0.05) is 24.0 Å². The van der Waals surface area contributed by atoms with Gasteiger partial charge in [-0.2, -0.15) is 5.10 Å². The molecule has 10 nitrogen and oxygen atoms in total. The molecule has 2 aromatic heterocycles. The summed E-state index contributed by atoms with van der Waals surface area (Å²) in [6, 6.07) is 10.6. The molecule has 0 aliphatic carbocycles. The Hall–Kier alpha value is -4.63. The van der Waals surface area contributed by atoms with E-state index in [0.29, 0.717) is 46.5 Å². The van der Waals surface area contributed by atoms with Gasteiger partial charge in [0.05, 0.1) is 23.0 Å². The monoisotopic (exact) mass is 622 g/mol. The molecule has 2 aromatic carbocycles. The number of hydrogen-bond acceptors (Lipinski definition) is 8. The highest BCUT2D eigenvalue weighted by Crippen LogP contribution is 2.25. The molecular formula is C35H39FN8O2. The third-order valence-electron chi connectivity index (χ3n) is 8.52. The van der Waals surface area contributed by atoms with E-state index in [0.717, 1.165) is 69.2 Å². The van der Waals surface area contributed by atoms with Crippen LogP contribution >= 0.6 is 0 Å². The van der Waals surface area contributed by atoms with Crippen LogP contribution in [0, 0.1) is 31.5 Å². The number of carbonyl (C=O) groups excluding carboxylic acids is 1. The number of piperazine rings is 1. The highest BCUT2D eigenvalue weighted by Gasteiger charge is 2.19. The third kappa shape index (κ3) is 7.77. The minimum atomic E-state index is -0.330. The quantitative estimate of drug-likeness (QED) is 0.280. The molecule has 0 radical (unpaired) electrons. The van der Waals surface area contributed by atoms with Crippen molar-refractivity contribution in [3.63, 3.8) is 0 Å². The Bertz CT molecular complexity index is 1750. The Kier molecular flexibility index (Phi) is 9.68. The zero-order chi connectivity index (χ0) is 32.0. The molecule has 11 heteroatoms. The average Bonchev–Trinajstić information content (AvgIpc) is 3.43. The van der Waals surface area contributed by atoms with Gasteiger partial charge in [-0.25, -0.2) is 14.4 Å². The molecule has 4 heterocycles. The van der Waals surface area contributed by atoms with Crippen LogP contribution in [0.25, 0.3) is 0 Å². The number of anilines is 3. The fraction of sp³-hybridized carbons (Fsp3) is 0.371. The van der Waals surface area contributed by atoms with Crippen molar-refractivity contribution >= 4 is 23.2 Å². The van der Waals surface area contributed by atoms with Crippen molar-refractivity contribution in [2.24, 2.45) is 0 Å². The van der Waals surface area contributed by atoms with Crippen LogP contribution in [0.1, 0.15) is 57.2 Å². The van der Waals surface area contributed by atoms with Crippen LogP contribution in [-0.2, 0) is 11.3 Å². The molecule has 0 unspecified atom stereocenters. The molecule has 0 saturated carbocycles. The Balaban J connectivity index is 1.07. The number of halogens is 1. The van der Waals surface area contributed by atoms with Gasteiger partial charge in [-0.15, -0.1) is 0 Å². The van der Waals surface area contributed by atoms with Crippen molar-refractivity contribution in [3.05, 3.63) is 94.3 Å². The molecule has 4 aromatic rings. The molecule has 2 fully saturated rings. The smallest absolute Gasteiger partial charge is 0.255 e. The summed E-state index contributed by atoms with van der Waals surface area (Å²) in [4.78, 5) is 26.4. The first-order chi connectivity index (χ1) is 22.3. The van der Waals surface area contributed by atoms with Crippen LogP contribution in [0.15, 0.2) is 55.0 Å². The van der Waals surface area contributed by atoms with Crippen molar-refractivity contribution in [1.29, 1.82) is 0 Å². The van der Waals surface area contributed by atoms with Crippen molar-refractivity contribution < 1.29 is 13.9 Å². The van der Waals surface area contributed by atoms with Gasteiger partial charge in [0, 0.05) is 86.9 Å². The number of aryl methyl sites for hydroxylation is 2. The molecule has 2 aliphatic rings. The minimum Gasteiger partial charge on any atom is -0.381 e. The molecular weight excluding hydrogens is 583 g/mol. The molecule has 2 N–H and O–H groups in total. The number of nitrogens with one attached hydrogen (secondary N) is 2. The lowest BCUT2D eigenvalue weighted by atomic mass is 10.0. The maximum Gasteiger partial charge on any atom is 0.255 e. The van der Waals surface area contributed by atoms with Crippen LogP contribution in [-0.4, -0.2) is 81.9 Å². The average molecular weight is 623 g/mol. The van der Waals surface area contributed by atoms with Crippen LogP contribution in [0.5, 0.6) is 0 Å². The predicted molar refractivity (Wildman–Crippen MR) is 176 cm³/mol. The first-order valence-electron chi connectivity index (χ1n) is 15.7. The minimum absolute atomic E-state index is 0.323. The lowest BCUT2D eigenvalue weighted by Gasteiger charge is -2.32. The van der Waals surface area contributed by atoms with Crippen LogP contribution < -0.4 is 10.6 Å². The first kappa shape index (κ1) is 31.4. The molecule has 238 valence electrons. The second-order valence-electron chi connectivity index (χ2n) is 12.0. The first-order valence-corrected chi connectivity index (χ1v) is 15.7. The van der Waals surface area contributed by atoms with Gasteiger partial charge in [0.1, 0.15) is 5.82 Å². The van der Waals surface area contributed by atoms with E-state index in [-0.39, 0.29) is 11.7 Å². The van der Waals surface area contributed by atoms with Crippen LogP contribution in [0.3, 0.4) is 0 Å². The Morgan fingerprint density at radius 3 is 2.52 bits per heavy atom. The van der Waals surface area contributed by atoms with Gasteiger partial charge in [0.15, 0.2) is 0 Å². The number of amides is 1. The number of benzene rings is 2. The summed E-state index contributed by atoms with van der Waals surface area (Å²) < 4.78 is 22.4. The standard InChI is InChI=1S/C35H39FN8O2/c1-24-4-6-28(34(45)39-30-9-8-29(32(36)19-30)22-43-14-12-42(3)13-15-43)18-27(24)7-5-26-20-37-35(38-21-26)40-33-23-44(41-25(33)2)31-10-16-46-17-11-31/h4,6,8-9,18-21,23,31H,10-17,22H2,1-3H3,(H,39,45)(H,37,38,40). The van der Waals surface area contributed by atoms with E-state index in [2.05, 4.69) is 54.4 Å². The number of ether oxygens (including phenoxy) is 1. The summed E-state index contributed by atoms with van der Waals surface area (Å²) in [5.41, 5.74) is 5.49. The number of carbonyl (C=O) groups is 1. The normalized spacial score (nSPS) is 16.1. The van der Waals surface area contributed by atoms with Gasteiger partial charge >= 0.3 is 0 Å². The molecule has 0 spiro atoms. The van der Waals surface area contributed by atoms with Gasteiger partial charge in [0.2, 0.25) is 5.95 Å². The fourth-order valence-corrected chi connectivity index (χ4v) is 5.56. The summed E-state index contributed by atoms with van der Waals surface area (Å²) in [6.45, 7) is 9.72. The van der Waals surface area contributed by atoms with Gasteiger partial charge in [-0.05, 0) is 63.6 Å². The largest absolute Gasteiger partial charge is 0.381 e. The van der Waals surface area contributed by atoms with Crippen molar-refractivity contribution in [2.75, 3.05) is 57.1 Å². The number of nitrogens with zero attached hydrogens (tertiary/aromatic N) is 6. The van der Waals surface area contributed by atoms with Gasteiger partial charge in [-0.3, -0.25) is 14.4 Å². The zero-order valence-electron chi connectivity index (χ0n) is 26.5. The number of rotatable bonds is 7. The van der Waals surface area contributed by atoms with E-state index in [4.69, 9.17) is 4.74 Å². The second-order valence-corrected chi connectivity index (χ2v) is 12.0. The predicted octanol–water partition coefficient (Wildman–Crippen LogP) is 4.92. The number of hydrogen-bond donors (Lipinski definition) is 2. The second kappa shape index (κ2) is 14.2. The van der Waals surface area contributed by atoms with Crippen molar-refractivity contribution in [3.8, 4) is 11.8 Å². The summed E-state index contributed by atoms with van der Waals surface area (Å²) >= 11 is 0. The van der Waals surface area contributed by atoms with E-state index >= 15 is 0 Å². The summed E-state index contributed by atoms with van der Waals surface area (Å²) in [6.07, 6.45) is 7.21. The van der Waals surface area contributed by atoms with Gasteiger partial charge < -0.3 is 20.3 Å².